The number of amides is 1. The van der Waals surface area contributed by atoms with Crippen LogP contribution in [0.15, 0.2) is 29.2 Å². The number of nitrogens with zero attached hydrogens (tertiary/aromatic N) is 1. The van der Waals surface area contributed by atoms with Crippen LogP contribution in [0.3, 0.4) is 0 Å². The van der Waals surface area contributed by atoms with E-state index in [0.717, 1.165) is 32.5 Å². The SMILES string of the molecule is C[NH+]1CCN(S(=O)(=O)c2ccc(C(=O)NC[C@H]3CCCO3)cc2)CC1. The molecule has 0 unspecified atom stereocenters. The monoisotopic (exact) mass is 368 g/mol. The molecule has 138 valence electrons. The van der Waals surface area contributed by atoms with Crippen molar-refractivity contribution < 1.29 is 22.8 Å². The topological polar surface area (TPSA) is 80.2 Å². The fourth-order valence-electron chi connectivity index (χ4n) is 3.15. The van der Waals surface area contributed by atoms with Crippen LogP contribution in [0.1, 0.15) is 23.2 Å². The molecule has 2 aliphatic heterocycles. The summed E-state index contributed by atoms with van der Waals surface area (Å²) < 4.78 is 32.3. The molecule has 1 amide bonds. The van der Waals surface area contributed by atoms with E-state index in [1.165, 1.54) is 21.3 Å². The maximum atomic E-state index is 12.7. The lowest BCUT2D eigenvalue weighted by molar-refractivity contribution is -0.883. The quantitative estimate of drug-likeness (QED) is 0.707. The van der Waals surface area contributed by atoms with Crippen LogP contribution in [0.4, 0.5) is 0 Å². The second-order valence-corrected chi connectivity index (χ2v) is 8.67. The van der Waals surface area contributed by atoms with E-state index in [9.17, 15) is 13.2 Å². The van der Waals surface area contributed by atoms with Crippen LogP contribution < -0.4 is 10.2 Å². The summed E-state index contributed by atoms with van der Waals surface area (Å²) in [5.41, 5.74) is 0.458. The highest BCUT2D eigenvalue weighted by molar-refractivity contribution is 7.89. The molecule has 2 N–H and O–H groups in total. The van der Waals surface area contributed by atoms with E-state index >= 15 is 0 Å². The highest BCUT2D eigenvalue weighted by Crippen LogP contribution is 2.17. The van der Waals surface area contributed by atoms with E-state index in [-0.39, 0.29) is 16.9 Å². The number of likely N-dealkylation sites (N-methyl/N-ethyl adjacent to an activating group) is 1. The van der Waals surface area contributed by atoms with Gasteiger partial charge < -0.3 is 15.0 Å². The van der Waals surface area contributed by atoms with Gasteiger partial charge in [-0.2, -0.15) is 4.31 Å². The van der Waals surface area contributed by atoms with Crippen LogP contribution in [0.25, 0.3) is 0 Å². The summed E-state index contributed by atoms with van der Waals surface area (Å²) in [5, 5.41) is 2.84. The minimum Gasteiger partial charge on any atom is -0.376 e. The minimum absolute atomic E-state index is 0.0861. The van der Waals surface area contributed by atoms with Crippen molar-refractivity contribution >= 4 is 15.9 Å². The molecule has 2 fully saturated rings. The molecule has 2 aliphatic rings. The molecule has 2 saturated heterocycles. The van der Waals surface area contributed by atoms with Crippen LogP contribution in [-0.2, 0) is 14.8 Å². The second-order valence-electron chi connectivity index (χ2n) is 6.73. The first-order valence-corrected chi connectivity index (χ1v) is 10.2. The Hall–Kier alpha value is -1.48. The minimum atomic E-state index is -3.48. The standard InChI is InChI=1S/C17H25N3O4S/c1-19-8-10-20(11-9-19)25(22,23)16-6-4-14(5-7-16)17(21)18-13-15-3-2-12-24-15/h4-7,15H,2-3,8-13H2,1H3,(H,18,21)/p+1/t15-/m1/s1. The lowest BCUT2D eigenvalue weighted by Crippen LogP contribution is -3.12. The first kappa shape index (κ1) is 18.3. The fraction of sp³-hybridized carbons (Fsp3) is 0.588. The summed E-state index contributed by atoms with van der Waals surface area (Å²) in [4.78, 5) is 13.7. The smallest absolute Gasteiger partial charge is 0.251 e. The number of rotatable bonds is 5. The number of sulfonamides is 1. The van der Waals surface area contributed by atoms with Crippen LogP contribution in [0.2, 0.25) is 0 Å². The van der Waals surface area contributed by atoms with E-state index in [1.54, 1.807) is 12.1 Å². The van der Waals surface area contributed by atoms with Gasteiger partial charge in [0.1, 0.15) is 0 Å². The molecule has 1 aromatic carbocycles. The summed E-state index contributed by atoms with van der Waals surface area (Å²) >= 11 is 0. The zero-order chi connectivity index (χ0) is 17.9. The third-order valence-electron chi connectivity index (χ3n) is 4.84. The van der Waals surface area contributed by atoms with Gasteiger partial charge in [0.25, 0.3) is 5.91 Å². The molecular weight excluding hydrogens is 342 g/mol. The van der Waals surface area contributed by atoms with Gasteiger partial charge in [-0.05, 0) is 37.1 Å². The van der Waals surface area contributed by atoms with E-state index in [4.69, 9.17) is 4.74 Å². The molecule has 8 heteroatoms. The van der Waals surface area contributed by atoms with E-state index in [2.05, 4.69) is 12.4 Å². The van der Waals surface area contributed by atoms with Crippen molar-refractivity contribution in [1.29, 1.82) is 0 Å². The first-order valence-electron chi connectivity index (χ1n) is 8.78. The number of ether oxygens (including phenoxy) is 1. The molecule has 0 radical (unpaired) electrons. The molecule has 0 aromatic heterocycles. The fourth-order valence-corrected chi connectivity index (χ4v) is 4.59. The molecular formula is C17H26N3O4S+. The van der Waals surface area contributed by atoms with Gasteiger partial charge in [-0.3, -0.25) is 4.79 Å². The lowest BCUT2D eigenvalue weighted by Gasteiger charge is -2.29. The highest BCUT2D eigenvalue weighted by atomic mass is 32.2. The first-order chi connectivity index (χ1) is 12.0. The van der Waals surface area contributed by atoms with Gasteiger partial charge in [-0.25, -0.2) is 8.42 Å². The van der Waals surface area contributed by atoms with Crippen molar-refractivity contribution in [3.8, 4) is 0 Å². The summed E-state index contributed by atoms with van der Waals surface area (Å²) in [6, 6.07) is 6.17. The normalized spacial score (nSPS) is 22.8. The summed E-state index contributed by atoms with van der Waals surface area (Å²) in [5.74, 6) is -0.206. The second kappa shape index (κ2) is 7.82. The van der Waals surface area contributed by atoms with Crippen molar-refractivity contribution in [2.24, 2.45) is 0 Å². The molecule has 1 atom stereocenters. The maximum absolute atomic E-state index is 12.7. The predicted molar refractivity (Wildman–Crippen MR) is 93.1 cm³/mol. The van der Waals surface area contributed by atoms with Crippen LogP contribution >= 0.6 is 0 Å². The van der Waals surface area contributed by atoms with Gasteiger partial charge >= 0.3 is 0 Å². The average molecular weight is 368 g/mol. The molecule has 7 nitrogen and oxygen atoms in total. The molecule has 25 heavy (non-hydrogen) atoms. The third-order valence-corrected chi connectivity index (χ3v) is 6.76. The predicted octanol–water partition coefficient (Wildman–Crippen LogP) is -0.886. The number of carbonyl (C=O) groups excluding carboxylic acids is 1. The molecule has 0 saturated carbocycles. The Bertz CT molecular complexity index is 691. The number of piperazine rings is 1. The zero-order valence-electron chi connectivity index (χ0n) is 14.5. The molecule has 0 spiro atoms. The van der Waals surface area contributed by atoms with Crippen molar-refractivity contribution in [1.82, 2.24) is 9.62 Å². The average Bonchev–Trinajstić information content (AvgIpc) is 3.14. The van der Waals surface area contributed by atoms with Gasteiger partial charge in [-0.1, -0.05) is 0 Å². The Morgan fingerprint density at radius 1 is 1.28 bits per heavy atom. The maximum Gasteiger partial charge on any atom is 0.251 e. The number of hydrogen-bond acceptors (Lipinski definition) is 4. The van der Waals surface area contributed by atoms with Crippen molar-refractivity contribution in [2.75, 3.05) is 46.4 Å². The summed E-state index contributed by atoms with van der Waals surface area (Å²) in [6.45, 7) is 3.91. The van der Waals surface area contributed by atoms with Gasteiger partial charge in [0, 0.05) is 18.7 Å². The van der Waals surface area contributed by atoms with Crippen LogP contribution in [0, 0.1) is 0 Å². The Balaban J connectivity index is 1.61. The number of quaternary nitrogens is 1. The van der Waals surface area contributed by atoms with Crippen molar-refractivity contribution in [3.63, 3.8) is 0 Å². The van der Waals surface area contributed by atoms with Gasteiger partial charge in [0.05, 0.1) is 44.2 Å². The highest BCUT2D eigenvalue weighted by Gasteiger charge is 2.29. The largest absolute Gasteiger partial charge is 0.376 e. The molecule has 1 aromatic rings. The van der Waals surface area contributed by atoms with E-state index in [1.807, 2.05) is 0 Å². The summed E-state index contributed by atoms with van der Waals surface area (Å²) in [7, 11) is -1.42. The number of nitrogens with one attached hydrogen (secondary N) is 2. The van der Waals surface area contributed by atoms with Gasteiger partial charge in [-0.15, -0.1) is 0 Å². The molecule has 3 rings (SSSR count). The number of carbonyl (C=O) groups is 1. The molecule has 0 bridgehead atoms. The van der Waals surface area contributed by atoms with Crippen LogP contribution in [-0.4, -0.2) is 71.1 Å². The number of benzene rings is 1. The van der Waals surface area contributed by atoms with Crippen molar-refractivity contribution in [3.05, 3.63) is 29.8 Å². The number of hydrogen-bond donors (Lipinski definition) is 2. The zero-order valence-corrected chi connectivity index (χ0v) is 15.3. The van der Waals surface area contributed by atoms with Crippen molar-refractivity contribution in [2.45, 2.75) is 23.8 Å². The third kappa shape index (κ3) is 4.38. The Morgan fingerprint density at radius 2 is 1.96 bits per heavy atom. The molecule has 0 aliphatic carbocycles. The van der Waals surface area contributed by atoms with Gasteiger partial charge in [0.15, 0.2) is 0 Å². The van der Waals surface area contributed by atoms with E-state index in [0.29, 0.717) is 25.2 Å². The lowest BCUT2D eigenvalue weighted by atomic mass is 10.2. The Kier molecular flexibility index (Phi) is 5.73. The summed E-state index contributed by atoms with van der Waals surface area (Å²) in [6.07, 6.45) is 2.08. The molecule has 2 heterocycles. The van der Waals surface area contributed by atoms with E-state index < -0.39 is 10.0 Å². The van der Waals surface area contributed by atoms with Crippen LogP contribution in [0.5, 0.6) is 0 Å². The Labute approximate surface area is 149 Å². The van der Waals surface area contributed by atoms with Gasteiger partial charge in [0.2, 0.25) is 10.0 Å². The Morgan fingerprint density at radius 3 is 2.56 bits per heavy atom.